The minimum Gasteiger partial charge on any atom is -0.337 e. The number of hydrogen-bond acceptors (Lipinski definition) is 4. The molecule has 1 aliphatic rings. The zero-order valence-electron chi connectivity index (χ0n) is 11.8. The highest BCUT2D eigenvalue weighted by molar-refractivity contribution is 6.31. The molecule has 2 aromatic rings. The van der Waals surface area contributed by atoms with Gasteiger partial charge < -0.3 is 9.84 Å². The first-order valence-corrected chi connectivity index (χ1v) is 7.57. The lowest BCUT2D eigenvalue weighted by Gasteiger charge is -2.27. The Labute approximate surface area is 127 Å². The van der Waals surface area contributed by atoms with Crippen molar-refractivity contribution < 1.29 is 8.91 Å². The number of nitrogens with one attached hydrogen (secondary N) is 1. The largest absolute Gasteiger partial charge is 0.337 e. The normalized spacial score (nSPS) is 22.4. The summed E-state index contributed by atoms with van der Waals surface area (Å²) < 4.78 is 18.5. The maximum atomic E-state index is 13.2. The van der Waals surface area contributed by atoms with Crippen molar-refractivity contribution in [2.24, 2.45) is 5.92 Å². The molecule has 0 aliphatic carbocycles. The molecular weight excluding hydrogens is 293 g/mol. The molecule has 4 nitrogen and oxygen atoms in total. The average Bonchev–Trinajstić information content (AvgIpc) is 3.00. The lowest BCUT2D eigenvalue weighted by molar-refractivity contribution is 0.246. The van der Waals surface area contributed by atoms with Crippen LogP contribution in [0.25, 0.3) is 11.4 Å². The van der Waals surface area contributed by atoms with Gasteiger partial charge in [0.15, 0.2) is 0 Å². The first kappa shape index (κ1) is 14.5. The van der Waals surface area contributed by atoms with Crippen LogP contribution in [0.15, 0.2) is 22.7 Å². The Bertz CT molecular complexity index is 631. The molecule has 0 radical (unpaired) electrons. The lowest BCUT2D eigenvalue weighted by Crippen LogP contribution is -2.31. The van der Waals surface area contributed by atoms with Crippen LogP contribution < -0.4 is 5.32 Å². The molecule has 1 N–H and O–H groups in total. The Morgan fingerprint density at radius 3 is 3.10 bits per heavy atom. The van der Waals surface area contributed by atoms with Gasteiger partial charge in [0.1, 0.15) is 5.82 Å². The van der Waals surface area contributed by atoms with Gasteiger partial charge in [-0.05, 0) is 43.5 Å². The molecular formula is C15H17ClFN3O. The zero-order valence-corrected chi connectivity index (χ0v) is 12.5. The summed E-state index contributed by atoms with van der Waals surface area (Å²) in [6.45, 7) is 3.16. The van der Waals surface area contributed by atoms with Gasteiger partial charge in [-0.3, -0.25) is 0 Å². The van der Waals surface area contributed by atoms with Crippen molar-refractivity contribution in [2.45, 2.75) is 32.2 Å². The monoisotopic (exact) mass is 309 g/mol. The van der Waals surface area contributed by atoms with Crippen LogP contribution in [0.4, 0.5) is 4.39 Å². The predicted octanol–water partition coefficient (Wildman–Crippen LogP) is 3.98. The van der Waals surface area contributed by atoms with Gasteiger partial charge in [0.2, 0.25) is 11.7 Å². The van der Waals surface area contributed by atoms with Crippen LogP contribution >= 0.6 is 11.6 Å². The average molecular weight is 310 g/mol. The van der Waals surface area contributed by atoms with Gasteiger partial charge in [-0.25, -0.2) is 4.39 Å². The van der Waals surface area contributed by atoms with E-state index in [4.69, 9.17) is 16.1 Å². The van der Waals surface area contributed by atoms with Crippen molar-refractivity contribution in [3.8, 4) is 11.4 Å². The molecule has 1 fully saturated rings. The Balaban J connectivity index is 1.81. The van der Waals surface area contributed by atoms with E-state index < -0.39 is 5.82 Å². The van der Waals surface area contributed by atoms with Crippen LogP contribution in [0.5, 0.6) is 0 Å². The summed E-state index contributed by atoms with van der Waals surface area (Å²) in [5, 5.41) is 7.43. The van der Waals surface area contributed by atoms with Crippen LogP contribution in [0.3, 0.4) is 0 Å². The van der Waals surface area contributed by atoms with E-state index in [1.54, 1.807) is 6.07 Å². The Kier molecular flexibility index (Phi) is 4.22. The first-order valence-electron chi connectivity index (χ1n) is 7.19. The summed E-state index contributed by atoms with van der Waals surface area (Å²) in [5.74, 6) is 1.26. The topological polar surface area (TPSA) is 51.0 Å². The van der Waals surface area contributed by atoms with E-state index in [0.29, 0.717) is 23.2 Å². The molecule has 0 spiro atoms. The quantitative estimate of drug-likeness (QED) is 0.931. The Hall–Kier alpha value is -1.46. The third-order valence-electron chi connectivity index (χ3n) is 4.01. The van der Waals surface area contributed by atoms with E-state index in [0.717, 1.165) is 19.4 Å². The molecule has 0 amide bonds. The van der Waals surface area contributed by atoms with E-state index in [1.807, 2.05) is 0 Å². The highest BCUT2D eigenvalue weighted by atomic mass is 35.5. The predicted molar refractivity (Wildman–Crippen MR) is 78.5 cm³/mol. The Morgan fingerprint density at radius 2 is 2.33 bits per heavy atom. The van der Waals surface area contributed by atoms with Crippen molar-refractivity contribution in [1.82, 2.24) is 15.5 Å². The molecule has 6 heteroatoms. The fourth-order valence-corrected chi connectivity index (χ4v) is 2.86. The van der Waals surface area contributed by atoms with E-state index in [9.17, 15) is 4.39 Å². The summed E-state index contributed by atoms with van der Waals surface area (Å²) in [6.07, 6.45) is 3.34. The number of nitrogens with zero attached hydrogens (tertiary/aromatic N) is 2. The van der Waals surface area contributed by atoms with Crippen molar-refractivity contribution in [3.63, 3.8) is 0 Å². The maximum Gasteiger partial charge on any atom is 0.244 e. The molecule has 1 aromatic heterocycles. The van der Waals surface area contributed by atoms with Gasteiger partial charge in [0.05, 0.1) is 11.1 Å². The summed E-state index contributed by atoms with van der Waals surface area (Å²) in [6, 6.07) is 4.51. The highest BCUT2D eigenvalue weighted by Crippen LogP contribution is 2.30. The maximum absolute atomic E-state index is 13.2. The number of benzene rings is 1. The second-order valence-electron chi connectivity index (χ2n) is 5.39. The van der Waals surface area contributed by atoms with E-state index in [-0.39, 0.29) is 11.1 Å². The summed E-state index contributed by atoms with van der Waals surface area (Å²) in [7, 11) is 0. The molecule has 0 saturated carbocycles. The van der Waals surface area contributed by atoms with Crippen molar-refractivity contribution in [2.75, 3.05) is 6.54 Å². The highest BCUT2D eigenvalue weighted by Gasteiger charge is 2.26. The summed E-state index contributed by atoms with van der Waals surface area (Å²) in [5.41, 5.74) is 0.652. The number of rotatable bonds is 3. The smallest absolute Gasteiger partial charge is 0.244 e. The number of aromatic nitrogens is 2. The summed E-state index contributed by atoms with van der Waals surface area (Å²) >= 11 is 5.78. The Morgan fingerprint density at radius 1 is 1.48 bits per heavy atom. The second kappa shape index (κ2) is 6.12. The third kappa shape index (κ3) is 3.09. The van der Waals surface area contributed by atoms with Gasteiger partial charge in [0.25, 0.3) is 0 Å². The van der Waals surface area contributed by atoms with Gasteiger partial charge in [0, 0.05) is 5.56 Å². The lowest BCUT2D eigenvalue weighted by atomic mass is 9.90. The molecule has 2 unspecified atom stereocenters. The minimum atomic E-state index is -0.455. The van der Waals surface area contributed by atoms with Gasteiger partial charge >= 0.3 is 0 Å². The molecule has 2 atom stereocenters. The molecule has 3 rings (SSSR count). The summed E-state index contributed by atoms with van der Waals surface area (Å²) in [4.78, 5) is 4.42. The van der Waals surface area contributed by atoms with Crippen LogP contribution in [0, 0.1) is 11.7 Å². The van der Waals surface area contributed by atoms with Crippen molar-refractivity contribution in [3.05, 3.63) is 34.9 Å². The standard InChI is InChI=1S/C15H17ClFN3O/c1-2-9-5-6-18-13(7-9)15-19-14(20-21-15)10-3-4-12(17)11(16)8-10/h3-4,8-9,13,18H,2,5-7H2,1H3. The third-order valence-corrected chi connectivity index (χ3v) is 4.30. The van der Waals surface area contributed by atoms with E-state index >= 15 is 0 Å². The van der Waals surface area contributed by atoms with Gasteiger partial charge in [-0.15, -0.1) is 0 Å². The number of hydrogen-bond donors (Lipinski definition) is 1. The van der Waals surface area contributed by atoms with Crippen LogP contribution in [0.1, 0.15) is 38.1 Å². The number of piperidine rings is 1. The molecule has 2 heterocycles. The molecule has 1 aromatic carbocycles. The SMILES string of the molecule is CCC1CCNC(c2nc(-c3ccc(F)c(Cl)c3)no2)C1. The fraction of sp³-hybridized carbons (Fsp3) is 0.467. The van der Waals surface area contributed by atoms with Crippen molar-refractivity contribution >= 4 is 11.6 Å². The van der Waals surface area contributed by atoms with Crippen molar-refractivity contribution in [1.29, 1.82) is 0 Å². The van der Waals surface area contributed by atoms with Crippen LogP contribution in [0.2, 0.25) is 5.02 Å². The molecule has 0 bridgehead atoms. The van der Waals surface area contributed by atoms with E-state index in [2.05, 4.69) is 22.4 Å². The van der Waals surface area contributed by atoms with Gasteiger partial charge in [-0.1, -0.05) is 30.1 Å². The zero-order chi connectivity index (χ0) is 14.8. The van der Waals surface area contributed by atoms with E-state index in [1.165, 1.54) is 18.6 Å². The van der Waals surface area contributed by atoms with Crippen LogP contribution in [-0.2, 0) is 0 Å². The molecule has 21 heavy (non-hydrogen) atoms. The molecule has 112 valence electrons. The van der Waals surface area contributed by atoms with Crippen LogP contribution in [-0.4, -0.2) is 16.7 Å². The number of halogens is 2. The first-order chi connectivity index (χ1) is 10.2. The minimum absolute atomic E-state index is 0.0562. The second-order valence-corrected chi connectivity index (χ2v) is 5.80. The van der Waals surface area contributed by atoms with Gasteiger partial charge in [-0.2, -0.15) is 4.98 Å². The fourth-order valence-electron chi connectivity index (χ4n) is 2.68. The molecule has 1 aliphatic heterocycles. The molecule has 1 saturated heterocycles.